The van der Waals surface area contributed by atoms with Gasteiger partial charge < -0.3 is 24.4 Å². The fourth-order valence-corrected chi connectivity index (χ4v) is 8.96. The van der Waals surface area contributed by atoms with Crippen molar-refractivity contribution in [2.24, 2.45) is 17.3 Å². The number of rotatable bonds is 14. The van der Waals surface area contributed by atoms with Crippen LogP contribution in [0.3, 0.4) is 0 Å². The third-order valence-electron chi connectivity index (χ3n) is 11.7. The van der Waals surface area contributed by atoms with Gasteiger partial charge in [-0.1, -0.05) is 40.7 Å². The number of hydrogen-bond acceptors (Lipinski definition) is 11. The molecule has 3 amide bonds. The van der Waals surface area contributed by atoms with E-state index in [1.54, 1.807) is 26.2 Å². The number of nitrogens with one attached hydrogen (secondary N) is 2. The minimum Gasteiger partial charge on any atom is -0.497 e. The molecule has 0 unspecified atom stereocenters. The molecule has 1 aromatic carbocycles. The second-order valence-corrected chi connectivity index (χ2v) is 19.5. The van der Waals surface area contributed by atoms with Crippen LogP contribution in [0.5, 0.6) is 11.6 Å². The minimum atomic E-state index is -4.00. The minimum absolute atomic E-state index is 0.0205. The van der Waals surface area contributed by atoms with Crippen molar-refractivity contribution in [2.45, 2.75) is 134 Å². The summed E-state index contributed by atoms with van der Waals surface area (Å²) in [6, 6.07) is 4.23. The summed E-state index contributed by atoms with van der Waals surface area (Å²) in [6.45, 7) is 14.9. The Morgan fingerprint density at radius 2 is 1.76 bits per heavy atom. The van der Waals surface area contributed by atoms with E-state index in [1.807, 2.05) is 40.7 Å². The molecule has 0 spiro atoms. The van der Waals surface area contributed by atoms with Crippen LogP contribution in [0.25, 0.3) is 11.0 Å². The molecule has 1 aromatic heterocycles. The number of fused-ring (bicyclic) bond motifs is 1. The van der Waals surface area contributed by atoms with E-state index in [2.05, 4.69) is 16.6 Å². The Kier molecular flexibility index (Phi) is 11.0. The number of carbonyl (C=O) groups is 4. The van der Waals surface area contributed by atoms with E-state index in [0.29, 0.717) is 35.3 Å². The van der Waals surface area contributed by atoms with Gasteiger partial charge in [-0.15, -0.1) is 6.58 Å². The molecule has 0 radical (unpaired) electrons. The van der Waals surface area contributed by atoms with Gasteiger partial charge in [0, 0.05) is 24.3 Å². The van der Waals surface area contributed by atoms with Crippen molar-refractivity contribution in [1.29, 1.82) is 0 Å². The smallest absolute Gasteiger partial charge is 0.306 e. The van der Waals surface area contributed by atoms with Gasteiger partial charge >= 0.3 is 5.97 Å². The van der Waals surface area contributed by atoms with Crippen LogP contribution in [0.15, 0.2) is 30.9 Å². The monoisotopic (exact) mass is 781 g/mol. The number of hydrogen-bond donors (Lipinski definition) is 2. The van der Waals surface area contributed by atoms with Crippen LogP contribution < -0.4 is 19.5 Å². The lowest BCUT2D eigenvalue weighted by Gasteiger charge is -2.35. The highest BCUT2D eigenvalue weighted by Gasteiger charge is 2.63. The predicted molar refractivity (Wildman–Crippen MR) is 205 cm³/mol. The lowest BCUT2D eigenvalue weighted by Crippen LogP contribution is -2.57. The molecule has 14 nitrogen and oxygen atoms in total. The van der Waals surface area contributed by atoms with Crippen molar-refractivity contribution in [3.63, 3.8) is 0 Å². The lowest BCUT2D eigenvalue weighted by atomic mass is 9.77. The van der Waals surface area contributed by atoms with E-state index in [4.69, 9.17) is 24.2 Å². The van der Waals surface area contributed by atoms with Crippen molar-refractivity contribution in [1.82, 2.24) is 24.9 Å². The van der Waals surface area contributed by atoms with Gasteiger partial charge in [0.15, 0.2) is 0 Å². The second-order valence-electron chi connectivity index (χ2n) is 17.3. The lowest BCUT2D eigenvalue weighted by molar-refractivity contribution is -0.156. The number of methoxy groups -OCH3 is 1. The number of sulfonamides is 1. The molecule has 2 heterocycles. The average Bonchev–Trinajstić information content (AvgIpc) is 3.90. The van der Waals surface area contributed by atoms with Crippen molar-refractivity contribution in [3.8, 4) is 11.6 Å². The van der Waals surface area contributed by atoms with Crippen molar-refractivity contribution < 1.29 is 41.8 Å². The van der Waals surface area contributed by atoms with Crippen LogP contribution in [0.1, 0.15) is 111 Å². The van der Waals surface area contributed by atoms with Gasteiger partial charge in [-0.25, -0.2) is 18.4 Å². The molecule has 1 aliphatic heterocycles. The fraction of sp³-hybridized carbons (Fsp3) is 0.650. The molecule has 0 bridgehead atoms. The van der Waals surface area contributed by atoms with Gasteiger partial charge in [-0.2, -0.15) is 0 Å². The third-order valence-corrected chi connectivity index (χ3v) is 13.9. The molecule has 2 aromatic rings. The van der Waals surface area contributed by atoms with E-state index in [1.165, 1.54) is 11.0 Å². The standard InChI is InChI=1S/C40H55N5O9S/c1-9-24-21-40(24,37(49)44-55(50,51)39(7)16-17-39)43-34(47)31-19-27(54-35-33(23(2)3)41-29-15-14-26(52-8)18-30(29)42-35)22-45(31)36(48)28(38(4,5)6)20-32(46)53-25-12-10-11-13-25/h9,14-15,18,23-25,27-28,31H,1,10-13,16-17,19-22H2,2-8H3,(H,43,47)(H,44,49)/t24-,27-,28-,31+,40-/m1/s1. The number of esters is 1. The Labute approximate surface area is 323 Å². The number of carbonyl (C=O) groups excluding carboxylic acids is 4. The summed E-state index contributed by atoms with van der Waals surface area (Å²) in [5.74, 6) is -2.99. The molecular weight excluding hydrogens is 727 g/mol. The second kappa shape index (κ2) is 15.0. The largest absolute Gasteiger partial charge is 0.497 e. The molecule has 300 valence electrons. The Balaban J connectivity index is 1.30. The Morgan fingerprint density at radius 1 is 1.07 bits per heavy atom. The summed E-state index contributed by atoms with van der Waals surface area (Å²) in [5.41, 5.74) is -0.471. The van der Waals surface area contributed by atoms with Gasteiger partial charge in [-0.05, 0) is 69.4 Å². The number of aromatic nitrogens is 2. The number of amides is 3. The fourth-order valence-electron chi connectivity index (χ4n) is 7.64. The molecule has 3 aliphatic carbocycles. The highest BCUT2D eigenvalue weighted by atomic mass is 32.2. The SMILES string of the molecule is C=C[C@@H]1C[C@]1(NC(=O)[C@@H]1C[C@@H](Oc2nc3cc(OC)ccc3nc2C(C)C)CN1C(=O)[C@@H](CC(=O)OC1CCCC1)C(C)(C)C)C(=O)NS(=O)(=O)C1(C)CC1. The number of ether oxygens (including phenoxy) is 3. The summed E-state index contributed by atoms with van der Waals surface area (Å²) in [6.07, 6.45) is 5.02. The molecule has 3 saturated carbocycles. The third kappa shape index (κ3) is 8.31. The molecule has 1 saturated heterocycles. The van der Waals surface area contributed by atoms with Crippen LogP contribution in [-0.4, -0.2) is 89.2 Å². The first kappa shape index (κ1) is 40.4. The summed E-state index contributed by atoms with van der Waals surface area (Å²) >= 11 is 0. The number of nitrogens with zero attached hydrogens (tertiary/aromatic N) is 3. The number of benzene rings is 1. The van der Waals surface area contributed by atoms with Crippen molar-refractivity contribution in [2.75, 3.05) is 13.7 Å². The summed E-state index contributed by atoms with van der Waals surface area (Å²) in [4.78, 5) is 67.1. The molecular formula is C40H55N5O9S. The van der Waals surface area contributed by atoms with Crippen molar-refractivity contribution >= 4 is 44.7 Å². The first-order chi connectivity index (χ1) is 25.8. The molecule has 6 rings (SSSR count). The maximum atomic E-state index is 14.7. The van der Waals surface area contributed by atoms with E-state index >= 15 is 0 Å². The van der Waals surface area contributed by atoms with Gasteiger partial charge in [0.2, 0.25) is 27.7 Å². The molecule has 2 N–H and O–H groups in total. The van der Waals surface area contributed by atoms with E-state index < -0.39 is 73.4 Å². The van der Waals surface area contributed by atoms with Crippen LogP contribution in [0, 0.1) is 17.3 Å². The maximum Gasteiger partial charge on any atom is 0.306 e. The van der Waals surface area contributed by atoms with Crippen LogP contribution in [0.2, 0.25) is 0 Å². The molecule has 55 heavy (non-hydrogen) atoms. The Bertz CT molecular complexity index is 1970. The summed E-state index contributed by atoms with van der Waals surface area (Å²) in [5, 5.41) is 2.84. The average molecular weight is 782 g/mol. The topological polar surface area (TPSA) is 183 Å². The Morgan fingerprint density at radius 3 is 2.35 bits per heavy atom. The van der Waals surface area contributed by atoms with Crippen LogP contribution in [-0.2, 0) is 33.9 Å². The van der Waals surface area contributed by atoms with Gasteiger partial charge in [0.1, 0.15) is 35.2 Å². The predicted octanol–water partition coefficient (Wildman–Crippen LogP) is 4.71. The zero-order valence-electron chi connectivity index (χ0n) is 33.0. The van der Waals surface area contributed by atoms with Crippen molar-refractivity contribution in [3.05, 3.63) is 36.5 Å². The number of likely N-dealkylation sites (tertiary alicyclic amines) is 1. The quantitative estimate of drug-likeness (QED) is 0.200. The van der Waals surface area contributed by atoms with Crippen LogP contribution >= 0.6 is 0 Å². The van der Waals surface area contributed by atoms with E-state index in [-0.39, 0.29) is 43.7 Å². The molecule has 4 aliphatic rings. The highest BCUT2D eigenvalue weighted by molar-refractivity contribution is 7.91. The van der Waals surface area contributed by atoms with Crippen LogP contribution in [0.4, 0.5) is 0 Å². The van der Waals surface area contributed by atoms with E-state index in [9.17, 15) is 27.6 Å². The summed E-state index contributed by atoms with van der Waals surface area (Å²) < 4.78 is 45.0. The van der Waals surface area contributed by atoms with Gasteiger partial charge in [-0.3, -0.25) is 23.9 Å². The Hall–Kier alpha value is -4.27. The summed E-state index contributed by atoms with van der Waals surface area (Å²) in [7, 11) is -2.44. The first-order valence-electron chi connectivity index (χ1n) is 19.3. The molecule has 15 heteroatoms. The zero-order valence-corrected chi connectivity index (χ0v) is 33.8. The van der Waals surface area contributed by atoms with Gasteiger partial charge in [0.05, 0.1) is 41.8 Å². The zero-order chi connectivity index (χ0) is 40.1. The molecule has 4 fully saturated rings. The first-order valence-corrected chi connectivity index (χ1v) is 20.8. The van der Waals surface area contributed by atoms with Gasteiger partial charge in [0.25, 0.3) is 5.91 Å². The normalized spacial score (nSPS) is 25.3. The molecule has 5 atom stereocenters. The van der Waals surface area contributed by atoms with E-state index in [0.717, 1.165) is 25.7 Å². The maximum absolute atomic E-state index is 14.7. The highest BCUT2D eigenvalue weighted by Crippen LogP contribution is 2.47.